The number of aryl methyl sites for hydroxylation is 1. The van der Waals surface area contributed by atoms with Crippen LogP contribution in [0.25, 0.3) is 11.3 Å². The lowest BCUT2D eigenvalue weighted by Gasteiger charge is -2.20. The van der Waals surface area contributed by atoms with Crippen molar-refractivity contribution in [3.8, 4) is 11.3 Å². The average molecular weight is 419 g/mol. The lowest BCUT2D eigenvalue weighted by molar-refractivity contribution is 0.0943. The maximum Gasteiger partial charge on any atom is 0.183 e. The molecule has 0 atom stereocenters. The number of fused-ring (bicyclic) bond motifs is 3. The molecule has 1 aromatic carbocycles. The highest BCUT2D eigenvalue weighted by Crippen LogP contribution is 2.40. The Balaban J connectivity index is 1.61. The monoisotopic (exact) mass is 418 g/mol. The Morgan fingerprint density at radius 3 is 2.75 bits per heavy atom. The maximum atomic E-state index is 13.2. The predicted molar refractivity (Wildman–Crippen MR) is 116 cm³/mol. The fourth-order valence-electron chi connectivity index (χ4n) is 4.77. The van der Waals surface area contributed by atoms with Gasteiger partial charge in [0.1, 0.15) is 5.69 Å². The van der Waals surface area contributed by atoms with E-state index in [1.54, 1.807) is 0 Å². The van der Waals surface area contributed by atoms with Crippen molar-refractivity contribution >= 4 is 29.0 Å². The zero-order chi connectivity index (χ0) is 19.5. The number of aromatic nitrogens is 2. The van der Waals surface area contributed by atoms with Crippen LogP contribution in [0.5, 0.6) is 0 Å². The van der Waals surface area contributed by atoms with E-state index in [4.69, 9.17) is 28.3 Å². The van der Waals surface area contributed by atoms with Gasteiger partial charge >= 0.3 is 0 Å². The first kappa shape index (κ1) is 20.0. The molecule has 5 heteroatoms. The molecule has 0 spiro atoms. The first-order valence-corrected chi connectivity index (χ1v) is 11.6. The Bertz CT molecular complexity index is 853. The first-order chi connectivity index (χ1) is 13.7. The molecule has 0 aliphatic heterocycles. The van der Waals surface area contributed by atoms with E-state index in [-0.39, 0.29) is 5.78 Å². The molecule has 0 bridgehead atoms. The van der Waals surface area contributed by atoms with Crippen molar-refractivity contribution in [3.05, 3.63) is 40.0 Å². The standard InChI is InChI=1S/C23H28Cl2N2O/c24-11-5-2-6-12-27-23-19-10-9-18(25)14-17(19)15-20(23)22(26-27)21(28)13-16-7-3-1-4-8-16/h9-10,14,16H,1-8,11-13,15H2. The molecule has 0 saturated heterocycles. The van der Waals surface area contributed by atoms with E-state index in [1.807, 2.05) is 12.1 Å². The maximum absolute atomic E-state index is 13.2. The van der Waals surface area contributed by atoms with Crippen molar-refractivity contribution in [1.29, 1.82) is 0 Å². The molecule has 2 aliphatic rings. The Hall–Kier alpha value is -1.32. The molecule has 1 saturated carbocycles. The molecular formula is C23H28Cl2N2O. The zero-order valence-corrected chi connectivity index (χ0v) is 17.9. The number of hydrogen-bond acceptors (Lipinski definition) is 2. The summed E-state index contributed by atoms with van der Waals surface area (Å²) in [6, 6.07) is 6.05. The van der Waals surface area contributed by atoms with Crippen LogP contribution in [0.15, 0.2) is 18.2 Å². The number of nitrogens with zero attached hydrogens (tertiary/aromatic N) is 2. The van der Waals surface area contributed by atoms with Gasteiger partial charge in [0.25, 0.3) is 0 Å². The highest BCUT2D eigenvalue weighted by molar-refractivity contribution is 6.30. The second-order valence-electron chi connectivity index (χ2n) is 8.26. The molecule has 0 N–H and O–H groups in total. The van der Waals surface area contributed by atoms with E-state index >= 15 is 0 Å². The largest absolute Gasteiger partial charge is 0.292 e. The molecule has 150 valence electrons. The summed E-state index contributed by atoms with van der Waals surface area (Å²) in [5, 5.41) is 5.57. The molecular weight excluding hydrogens is 391 g/mol. The van der Waals surface area contributed by atoms with Gasteiger partial charge in [0.05, 0.1) is 5.69 Å². The van der Waals surface area contributed by atoms with Crippen LogP contribution in [0, 0.1) is 5.92 Å². The summed E-state index contributed by atoms with van der Waals surface area (Å²) in [4.78, 5) is 13.2. The minimum Gasteiger partial charge on any atom is -0.292 e. The third kappa shape index (κ3) is 4.16. The van der Waals surface area contributed by atoms with Gasteiger partial charge < -0.3 is 0 Å². The normalized spacial score (nSPS) is 16.2. The third-order valence-electron chi connectivity index (χ3n) is 6.21. The van der Waals surface area contributed by atoms with E-state index in [2.05, 4.69) is 10.7 Å². The van der Waals surface area contributed by atoms with Gasteiger partial charge in [-0.2, -0.15) is 5.10 Å². The SMILES string of the molecule is O=C(CC1CCCCC1)c1nn(CCCCCCl)c2c1Cc1cc(Cl)ccc1-2. The zero-order valence-electron chi connectivity index (χ0n) is 16.4. The van der Waals surface area contributed by atoms with E-state index in [0.717, 1.165) is 48.5 Å². The number of unbranched alkanes of at least 4 members (excludes halogenated alkanes) is 2. The molecule has 0 unspecified atom stereocenters. The quantitative estimate of drug-likeness (QED) is 0.232. The molecule has 1 heterocycles. The number of Topliss-reactive ketones (excluding diaryl/α,β-unsaturated/α-hetero) is 1. The first-order valence-electron chi connectivity index (χ1n) is 10.6. The van der Waals surface area contributed by atoms with Crippen molar-refractivity contribution in [2.24, 2.45) is 5.92 Å². The summed E-state index contributed by atoms with van der Waals surface area (Å²) >= 11 is 12.0. The van der Waals surface area contributed by atoms with Crippen LogP contribution in [-0.4, -0.2) is 21.4 Å². The summed E-state index contributed by atoms with van der Waals surface area (Å²) in [5.41, 5.74) is 5.33. The fourth-order valence-corrected chi connectivity index (χ4v) is 5.15. The van der Waals surface area contributed by atoms with E-state index in [9.17, 15) is 4.79 Å². The van der Waals surface area contributed by atoms with E-state index < -0.39 is 0 Å². The molecule has 4 rings (SSSR count). The Morgan fingerprint density at radius 1 is 1.14 bits per heavy atom. The summed E-state index contributed by atoms with van der Waals surface area (Å²) in [7, 11) is 0. The smallest absolute Gasteiger partial charge is 0.183 e. The highest BCUT2D eigenvalue weighted by Gasteiger charge is 2.31. The minimum absolute atomic E-state index is 0.224. The third-order valence-corrected chi connectivity index (χ3v) is 6.71. The number of ketones is 1. The Labute approximate surface area is 177 Å². The van der Waals surface area contributed by atoms with Gasteiger partial charge in [-0.3, -0.25) is 9.48 Å². The lowest BCUT2D eigenvalue weighted by atomic mass is 9.85. The summed E-state index contributed by atoms with van der Waals surface area (Å²) in [6.45, 7) is 0.831. The van der Waals surface area contributed by atoms with Gasteiger partial charge in [0.15, 0.2) is 5.78 Å². The molecule has 2 aromatic rings. The van der Waals surface area contributed by atoms with Gasteiger partial charge in [-0.05, 0) is 36.5 Å². The second kappa shape index (κ2) is 9.00. The Morgan fingerprint density at radius 2 is 1.96 bits per heavy atom. The second-order valence-corrected chi connectivity index (χ2v) is 9.07. The number of hydrogen-bond donors (Lipinski definition) is 0. The van der Waals surface area contributed by atoms with Crippen LogP contribution in [0.1, 0.15) is 79.4 Å². The Kier molecular flexibility index (Phi) is 6.42. The topological polar surface area (TPSA) is 34.9 Å². The lowest BCUT2D eigenvalue weighted by Crippen LogP contribution is -2.14. The van der Waals surface area contributed by atoms with Gasteiger partial charge in [-0.15, -0.1) is 11.6 Å². The van der Waals surface area contributed by atoms with Gasteiger partial charge in [-0.25, -0.2) is 0 Å². The summed E-state index contributed by atoms with van der Waals surface area (Å²) < 4.78 is 2.07. The van der Waals surface area contributed by atoms with Crippen LogP contribution < -0.4 is 0 Å². The number of halogens is 2. The number of benzene rings is 1. The molecule has 0 radical (unpaired) electrons. The number of carbonyl (C=O) groups is 1. The molecule has 1 fully saturated rings. The van der Waals surface area contributed by atoms with Crippen molar-refractivity contribution in [1.82, 2.24) is 9.78 Å². The van der Waals surface area contributed by atoms with E-state index in [1.165, 1.54) is 43.2 Å². The van der Waals surface area contributed by atoms with E-state index in [0.29, 0.717) is 23.9 Å². The van der Waals surface area contributed by atoms with Crippen LogP contribution >= 0.6 is 23.2 Å². The van der Waals surface area contributed by atoms with Crippen molar-refractivity contribution in [2.45, 2.75) is 70.8 Å². The fraction of sp³-hybridized carbons (Fsp3) is 0.565. The van der Waals surface area contributed by atoms with Crippen molar-refractivity contribution in [2.75, 3.05) is 5.88 Å². The van der Waals surface area contributed by atoms with Crippen molar-refractivity contribution in [3.63, 3.8) is 0 Å². The summed E-state index contributed by atoms with van der Waals surface area (Å²) in [6.07, 6.45) is 10.7. The van der Waals surface area contributed by atoms with Crippen LogP contribution in [0.3, 0.4) is 0 Å². The van der Waals surface area contributed by atoms with Gasteiger partial charge in [0, 0.05) is 41.4 Å². The number of alkyl halides is 1. The highest BCUT2D eigenvalue weighted by atomic mass is 35.5. The molecule has 3 nitrogen and oxygen atoms in total. The molecule has 2 aliphatic carbocycles. The van der Waals surface area contributed by atoms with Crippen LogP contribution in [0.2, 0.25) is 5.02 Å². The minimum atomic E-state index is 0.224. The molecule has 0 amide bonds. The predicted octanol–water partition coefficient (Wildman–Crippen LogP) is 6.67. The van der Waals surface area contributed by atoms with Gasteiger partial charge in [0.2, 0.25) is 0 Å². The van der Waals surface area contributed by atoms with Crippen molar-refractivity contribution < 1.29 is 4.79 Å². The van der Waals surface area contributed by atoms with Crippen LogP contribution in [0.4, 0.5) is 0 Å². The molecule has 28 heavy (non-hydrogen) atoms. The number of carbonyl (C=O) groups excluding carboxylic acids is 1. The summed E-state index contributed by atoms with van der Waals surface area (Å²) in [5.74, 6) is 1.45. The molecule has 1 aromatic heterocycles. The van der Waals surface area contributed by atoms with Crippen LogP contribution in [-0.2, 0) is 13.0 Å². The van der Waals surface area contributed by atoms with Gasteiger partial charge in [-0.1, -0.05) is 56.2 Å². The number of rotatable bonds is 8. The average Bonchev–Trinajstić information content (AvgIpc) is 3.23.